The third-order valence-corrected chi connectivity index (χ3v) is 4.03. The molecule has 0 aliphatic carbocycles. The van der Waals surface area contributed by atoms with Crippen LogP contribution in [0.25, 0.3) is 0 Å². The molecule has 2 heterocycles. The Labute approximate surface area is 122 Å². The third kappa shape index (κ3) is 4.58. The Kier molecular flexibility index (Phi) is 6.50. The van der Waals surface area contributed by atoms with Crippen LogP contribution in [0.15, 0.2) is 12.4 Å². The normalized spacial score (nSPS) is 20.4. The van der Waals surface area contributed by atoms with E-state index in [9.17, 15) is 0 Å². The van der Waals surface area contributed by atoms with Crippen molar-refractivity contribution in [2.75, 3.05) is 39.9 Å². The molecule has 0 amide bonds. The minimum absolute atomic E-state index is 0.755. The Morgan fingerprint density at radius 3 is 3.20 bits per heavy atom. The zero-order valence-electron chi connectivity index (χ0n) is 12.8. The van der Waals surface area contributed by atoms with Crippen molar-refractivity contribution < 1.29 is 4.74 Å². The highest BCUT2D eigenvalue weighted by molar-refractivity contribution is 4.93. The lowest BCUT2D eigenvalue weighted by Gasteiger charge is -2.32. The van der Waals surface area contributed by atoms with Crippen molar-refractivity contribution in [3.05, 3.63) is 18.2 Å². The summed E-state index contributed by atoms with van der Waals surface area (Å²) in [5.41, 5.74) is 0. The van der Waals surface area contributed by atoms with Crippen LogP contribution in [0.1, 0.15) is 25.6 Å². The van der Waals surface area contributed by atoms with Crippen LogP contribution < -0.4 is 5.32 Å². The van der Waals surface area contributed by atoms with Gasteiger partial charge in [-0.15, -0.1) is 0 Å². The van der Waals surface area contributed by atoms with Crippen molar-refractivity contribution in [1.82, 2.24) is 19.8 Å². The number of hydrogen-bond acceptors (Lipinski definition) is 4. The summed E-state index contributed by atoms with van der Waals surface area (Å²) >= 11 is 0. The number of likely N-dealkylation sites (tertiary alicyclic amines) is 1. The SMILES string of the molecule is CCn1ccnc1CN1CCCC(CNCCOC)C1. The molecule has 1 N–H and O–H groups in total. The molecule has 0 spiro atoms. The lowest BCUT2D eigenvalue weighted by molar-refractivity contribution is 0.155. The van der Waals surface area contributed by atoms with Gasteiger partial charge in [-0.05, 0) is 38.8 Å². The zero-order chi connectivity index (χ0) is 14.2. The molecule has 0 saturated carbocycles. The van der Waals surface area contributed by atoms with Gasteiger partial charge in [0.25, 0.3) is 0 Å². The number of aromatic nitrogens is 2. The number of rotatable bonds is 8. The minimum Gasteiger partial charge on any atom is -0.383 e. The van der Waals surface area contributed by atoms with E-state index in [4.69, 9.17) is 4.74 Å². The number of piperidine rings is 1. The average molecular weight is 280 g/mol. The van der Waals surface area contributed by atoms with Crippen LogP contribution in [0, 0.1) is 5.92 Å². The van der Waals surface area contributed by atoms with Crippen molar-refractivity contribution in [2.24, 2.45) is 5.92 Å². The molecular weight excluding hydrogens is 252 g/mol. The molecule has 0 bridgehead atoms. The smallest absolute Gasteiger partial charge is 0.122 e. The Morgan fingerprint density at radius 1 is 1.50 bits per heavy atom. The molecule has 1 atom stereocenters. The Hall–Kier alpha value is -0.910. The first-order chi connectivity index (χ1) is 9.83. The molecule has 1 fully saturated rings. The summed E-state index contributed by atoms with van der Waals surface area (Å²) in [7, 11) is 1.75. The van der Waals surface area contributed by atoms with Gasteiger partial charge in [-0.3, -0.25) is 4.90 Å². The molecule has 0 aromatic carbocycles. The molecule has 5 nitrogen and oxygen atoms in total. The van der Waals surface area contributed by atoms with Crippen LogP contribution >= 0.6 is 0 Å². The van der Waals surface area contributed by atoms with Gasteiger partial charge in [-0.2, -0.15) is 0 Å². The fourth-order valence-corrected chi connectivity index (χ4v) is 2.92. The maximum absolute atomic E-state index is 5.06. The first kappa shape index (κ1) is 15.5. The molecule has 0 radical (unpaired) electrons. The number of ether oxygens (including phenoxy) is 1. The van der Waals surface area contributed by atoms with Crippen LogP contribution in [-0.4, -0.2) is 54.3 Å². The van der Waals surface area contributed by atoms with Gasteiger partial charge in [0.15, 0.2) is 0 Å². The van der Waals surface area contributed by atoms with Crippen LogP contribution in [0.3, 0.4) is 0 Å². The predicted molar refractivity (Wildman–Crippen MR) is 80.6 cm³/mol. The fraction of sp³-hybridized carbons (Fsp3) is 0.800. The second kappa shape index (κ2) is 8.39. The summed E-state index contributed by atoms with van der Waals surface area (Å²) in [4.78, 5) is 7.02. The number of methoxy groups -OCH3 is 1. The van der Waals surface area contributed by atoms with E-state index in [1.165, 1.54) is 31.8 Å². The Balaban J connectivity index is 1.75. The molecular formula is C15H28N4O. The summed E-state index contributed by atoms with van der Waals surface area (Å²) in [5, 5.41) is 3.49. The van der Waals surface area contributed by atoms with E-state index < -0.39 is 0 Å². The summed E-state index contributed by atoms with van der Waals surface area (Å²) in [6.45, 7) is 9.38. The van der Waals surface area contributed by atoms with Gasteiger partial charge >= 0.3 is 0 Å². The number of nitrogens with one attached hydrogen (secondary N) is 1. The summed E-state index contributed by atoms with van der Waals surface area (Å²) in [6, 6.07) is 0. The number of imidazole rings is 1. The molecule has 1 aliphatic rings. The van der Waals surface area contributed by atoms with Crippen molar-refractivity contribution in [3.8, 4) is 0 Å². The Bertz CT molecular complexity index is 380. The van der Waals surface area contributed by atoms with Gasteiger partial charge < -0.3 is 14.6 Å². The minimum atomic E-state index is 0.755. The fourth-order valence-electron chi connectivity index (χ4n) is 2.92. The summed E-state index contributed by atoms with van der Waals surface area (Å²) in [6.07, 6.45) is 6.61. The molecule has 114 valence electrons. The van der Waals surface area contributed by atoms with E-state index in [0.29, 0.717) is 0 Å². The molecule has 20 heavy (non-hydrogen) atoms. The second-order valence-electron chi connectivity index (χ2n) is 5.57. The van der Waals surface area contributed by atoms with E-state index in [1.54, 1.807) is 7.11 Å². The van der Waals surface area contributed by atoms with E-state index in [0.717, 1.165) is 38.7 Å². The molecule has 2 rings (SSSR count). The molecule has 1 saturated heterocycles. The molecule has 5 heteroatoms. The topological polar surface area (TPSA) is 42.3 Å². The molecule has 1 aromatic heterocycles. The van der Waals surface area contributed by atoms with E-state index in [-0.39, 0.29) is 0 Å². The average Bonchev–Trinajstić information content (AvgIpc) is 2.91. The van der Waals surface area contributed by atoms with E-state index >= 15 is 0 Å². The van der Waals surface area contributed by atoms with Gasteiger partial charge in [0.1, 0.15) is 5.82 Å². The maximum atomic E-state index is 5.06. The van der Waals surface area contributed by atoms with Crippen LogP contribution in [0.2, 0.25) is 0 Å². The molecule has 1 aliphatic heterocycles. The van der Waals surface area contributed by atoms with Crippen LogP contribution in [-0.2, 0) is 17.8 Å². The summed E-state index contributed by atoms with van der Waals surface area (Å²) < 4.78 is 7.30. The highest BCUT2D eigenvalue weighted by atomic mass is 16.5. The third-order valence-electron chi connectivity index (χ3n) is 4.03. The van der Waals surface area contributed by atoms with Crippen molar-refractivity contribution in [3.63, 3.8) is 0 Å². The van der Waals surface area contributed by atoms with Crippen molar-refractivity contribution in [2.45, 2.75) is 32.9 Å². The van der Waals surface area contributed by atoms with E-state index in [2.05, 4.69) is 32.9 Å². The van der Waals surface area contributed by atoms with E-state index in [1.807, 2.05) is 6.20 Å². The highest BCUT2D eigenvalue weighted by Crippen LogP contribution is 2.17. The van der Waals surface area contributed by atoms with Gasteiger partial charge in [0, 0.05) is 39.1 Å². The van der Waals surface area contributed by atoms with Gasteiger partial charge in [-0.1, -0.05) is 0 Å². The van der Waals surface area contributed by atoms with Gasteiger partial charge in [0.2, 0.25) is 0 Å². The monoisotopic (exact) mass is 280 g/mol. The lowest BCUT2D eigenvalue weighted by Crippen LogP contribution is -2.40. The van der Waals surface area contributed by atoms with Crippen LogP contribution in [0.4, 0.5) is 0 Å². The number of hydrogen-bond donors (Lipinski definition) is 1. The van der Waals surface area contributed by atoms with Gasteiger partial charge in [-0.25, -0.2) is 4.98 Å². The number of nitrogens with zero attached hydrogens (tertiary/aromatic N) is 3. The molecule has 1 unspecified atom stereocenters. The zero-order valence-corrected chi connectivity index (χ0v) is 12.8. The first-order valence-corrected chi connectivity index (χ1v) is 7.75. The van der Waals surface area contributed by atoms with Gasteiger partial charge in [0.05, 0.1) is 13.2 Å². The first-order valence-electron chi connectivity index (χ1n) is 7.75. The van der Waals surface area contributed by atoms with Crippen LogP contribution in [0.5, 0.6) is 0 Å². The quantitative estimate of drug-likeness (QED) is 0.730. The maximum Gasteiger partial charge on any atom is 0.122 e. The summed E-state index contributed by atoms with van der Waals surface area (Å²) in [5.74, 6) is 1.95. The number of aryl methyl sites for hydroxylation is 1. The second-order valence-corrected chi connectivity index (χ2v) is 5.57. The lowest BCUT2D eigenvalue weighted by atomic mass is 9.98. The standard InChI is InChI=1S/C15H28N4O/c1-3-19-9-6-17-15(19)13-18-8-4-5-14(12-18)11-16-7-10-20-2/h6,9,14,16H,3-5,7-8,10-13H2,1-2H3. The highest BCUT2D eigenvalue weighted by Gasteiger charge is 2.20. The largest absolute Gasteiger partial charge is 0.383 e. The van der Waals surface area contributed by atoms with Crippen molar-refractivity contribution >= 4 is 0 Å². The Morgan fingerprint density at radius 2 is 2.40 bits per heavy atom. The van der Waals surface area contributed by atoms with Crippen molar-refractivity contribution in [1.29, 1.82) is 0 Å². The predicted octanol–water partition coefficient (Wildman–Crippen LogP) is 1.35. The molecule has 1 aromatic rings.